The Labute approximate surface area is 168 Å². The third kappa shape index (κ3) is 3.51. The fourth-order valence-electron chi connectivity index (χ4n) is 4.93. The maximum absolute atomic E-state index is 13.5. The van der Waals surface area contributed by atoms with Gasteiger partial charge in [0.1, 0.15) is 5.72 Å². The van der Waals surface area contributed by atoms with Crippen molar-refractivity contribution in [2.75, 3.05) is 0 Å². The van der Waals surface area contributed by atoms with E-state index in [1.54, 1.807) is 0 Å². The van der Waals surface area contributed by atoms with Crippen molar-refractivity contribution in [2.45, 2.75) is 57.4 Å². The molecule has 1 saturated heterocycles. The summed E-state index contributed by atoms with van der Waals surface area (Å²) in [6.45, 7) is 7.95. The van der Waals surface area contributed by atoms with Gasteiger partial charge in [0.15, 0.2) is 0 Å². The van der Waals surface area contributed by atoms with E-state index in [0.29, 0.717) is 6.42 Å². The normalized spacial score (nSPS) is 23.1. The number of carbonyl (C=O) groups excluding carboxylic acids is 1. The van der Waals surface area contributed by atoms with E-state index in [1.807, 2.05) is 30.9 Å². The molecule has 0 saturated carbocycles. The smallest absolute Gasteiger partial charge is 0.225 e. The second-order valence-corrected chi connectivity index (χ2v) is 8.50. The molecule has 3 atom stereocenters. The van der Waals surface area contributed by atoms with Crippen LogP contribution in [-0.4, -0.2) is 22.6 Å². The first-order chi connectivity index (χ1) is 13.5. The lowest BCUT2D eigenvalue weighted by molar-refractivity contribution is -0.148. The fraction of sp³-hybridized carbons (Fsp3) is 0.400. The van der Waals surface area contributed by atoms with Crippen LogP contribution in [0.1, 0.15) is 49.4 Å². The van der Waals surface area contributed by atoms with E-state index in [1.165, 1.54) is 16.7 Å². The number of allylic oxidation sites excluding steroid dienone is 1. The van der Waals surface area contributed by atoms with Gasteiger partial charge in [0.05, 0.1) is 12.1 Å². The van der Waals surface area contributed by atoms with E-state index in [4.69, 9.17) is 4.74 Å². The third-order valence-electron chi connectivity index (χ3n) is 6.04. The Morgan fingerprint density at radius 2 is 1.93 bits per heavy atom. The van der Waals surface area contributed by atoms with Crippen LogP contribution >= 0.6 is 0 Å². The molecule has 1 aliphatic heterocycles. The van der Waals surface area contributed by atoms with Crippen molar-refractivity contribution in [3.63, 3.8) is 0 Å². The second-order valence-electron chi connectivity index (χ2n) is 8.50. The van der Waals surface area contributed by atoms with Gasteiger partial charge in [-0.3, -0.25) is 4.79 Å². The molecule has 0 aromatic heterocycles. The molecule has 3 nitrogen and oxygen atoms in total. The minimum atomic E-state index is -0.578. The summed E-state index contributed by atoms with van der Waals surface area (Å²) in [6.07, 6.45) is 5.11. The molecule has 2 aliphatic rings. The standard InChI is InChI=1S/C25H29NO2/c1-4-10-19(15-18-11-6-5-7-12-18)16-23(27)26-24-21-14-9-8-13-20(21)17-22(24)28-25(26,2)3/h4-9,11-14,19,22,24H,1,10,15-17H2,2-3H3/t19-,22-,24+/m1/s1. The molecule has 4 rings (SSSR count). The highest BCUT2D eigenvalue weighted by atomic mass is 16.5. The van der Waals surface area contributed by atoms with Crippen LogP contribution in [0, 0.1) is 5.92 Å². The summed E-state index contributed by atoms with van der Waals surface area (Å²) in [5.41, 5.74) is 3.24. The summed E-state index contributed by atoms with van der Waals surface area (Å²) in [5.74, 6) is 0.427. The Hall–Kier alpha value is -2.39. The zero-order valence-corrected chi connectivity index (χ0v) is 16.8. The van der Waals surface area contributed by atoms with Crippen LogP contribution in [0.15, 0.2) is 67.3 Å². The molecule has 2 aromatic carbocycles. The van der Waals surface area contributed by atoms with Gasteiger partial charge in [-0.1, -0.05) is 60.7 Å². The maximum atomic E-state index is 13.5. The van der Waals surface area contributed by atoms with Gasteiger partial charge in [0.25, 0.3) is 0 Å². The van der Waals surface area contributed by atoms with Gasteiger partial charge in [-0.2, -0.15) is 0 Å². The van der Waals surface area contributed by atoms with Gasteiger partial charge < -0.3 is 9.64 Å². The van der Waals surface area contributed by atoms with Crippen molar-refractivity contribution in [3.05, 3.63) is 83.9 Å². The van der Waals surface area contributed by atoms with Gasteiger partial charge in [-0.05, 0) is 49.3 Å². The van der Waals surface area contributed by atoms with Crippen LogP contribution in [0.3, 0.4) is 0 Å². The number of fused-ring (bicyclic) bond motifs is 3. The first-order valence-electron chi connectivity index (χ1n) is 10.2. The number of hydrogen-bond donors (Lipinski definition) is 0. The van der Waals surface area contributed by atoms with Gasteiger partial charge in [0.2, 0.25) is 5.91 Å². The van der Waals surface area contributed by atoms with E-state index < -0.39 is 5.72 Å². The van der Waals surface area contributed by atoms with E-state index in [9.17, 15) is 4.79 Å². The van der Waals surface area contributed by atoms with Gasteiger partial charge in [-0.15, -0.1) is 6.58 Å². The first-order valence-corrected chi connectivity index (χ1v) is 10.2. The van der Waals surface area contributed by atoms with E-state index in [0.717, 1.165) is 19.3 Å². The number of ether oxygens (including phenoxy) is 1. The Morgan fingerprint density at radius 3 is 2.68 bits per heavy atom. The van der Waals surface area contributed by atoms with Crippen LogP contribution in [0.25, 0.3) is 0 Å². The molecule has 0 unspecified atom stereocenters. The van der Waals surface area contributed by atoms with Crippen LogP contribution in [0.2, 0.25) is 0 Å². The first kappa shape index (κ1) is 18.9. The molecular formula is C25H29NO2. The highest BCUT2D eigenvalue weighted by molar-refractivity contribution is 5.78. The predicted molar refractivity (Wildman–Crippen MR) is 112 cm³/mol. The van der Waals surface area contributed by atoms with E-state index in [-0.39, 0.29) is 24.0 Å². The molecule has 28 heavy (non-hydrogen) atoms. The van der Waals surface area contributed by atoms with Gasteiger partial charge >= 0.3 is 0 Å². The summed E-state index contributed by atoms with van der Waals surface area (Å²) >= 11 is 0. The molecule has 0 N–H and O–H groups in total. The number of benzene rings is 2. The Balaban J connectivity index is 1.56. The minimum Gasteiger partial charge on any atom is -0.350 e. The molecule has 146 valence electrons. The summed E-state index contributed by atoms with van der Waals surface area (Å²) < 4.78 is 6.33. The lowest BCUT2D eigenvalue weighted by Gasteiger charge is -2.35. The van der Waals surface area contributed by atoms with Crippen molar-refractivity contribution in [3.8, 4) is 0 Å². The molecule has 1 heterocycles. The molecule has 0 spiro atoms. The average Bonchev–Trinajstić information content (AvgIpc) is 3.12. The Kier molecular flexibility index (Phi) is 5.11. The minimum absolute atomic E-state index is 0.0276. The number of amides is 1. The summed E-state index contributed by atoms with van der Waals surface area (Å²) in [4.78, 5) is 15.5. The summed E-state index contributed by atoms with van der Waals surface area (Å²) in [6, 6.07) is 18.9. The summed E-state index contributed by atoms with van der Waals surface area (Å²) in [5, 5.41) is 0. The molecule has 3 heteroatoms. The Morgan fingerprint density at radius 1 is 1.21 bits per heavy atom. The average molecular weight is 376 g/mol. The van der Waals surface area contributed by atoms with Crippen LogP contribution < -0.4 is 0 Å². The quantitative estimate of drug-likeness (QED) is 0.660. The zero-order chi connectivity index (χ0) is 19.7. The second kappa shape index (κ2) is 7.56. The highest BCUT2D eigenvalue weighted by Gasteiger charge is 2.53. The van der Waals surface area contributed by atoms with Crippen molar-refractivity contribution in [1.29, 1.82) is 0 Å². The van der Waals surface area contributed by atoms with Crippen molar-refractivity contribution < 1.29 is 9.53 Å². The monoisotopic (exact) mass is 375 g/mol. The molecule has 1 aliphatic carbocycles. The lowest BCUT2D eigenvalue weighted by atomic mass is 9.92. The fourth-order valence-corrected chi connectivity index (χ4v) is 4.93. The molecular weight excluding hydrogens is 346 g/mol. The van der Waals surface area contributed by atoms with Crippen molar-refractivity contribution in [1.82, 2.24) is 4.90 Å². The maximum Gasteiger partial charge on any atom is 0.225 e. The molecule has 0 bridgehead atoms. The third-order valence-corrected chi connectivity index (χ3v) is 6.04. The number of rotatable bonds is 6. The molecule has 0 radical (unpaired) electrons. The van der Waals surface area contributed by atoms with Gasteiger partial charge in [0, 0.05) is 12.8 Å². The molecule has 2 aromatic rings. The SMILES string of the molecule is C=CC[C@@H](CC(=O)N1[C@H]2c3ccccc3C[C@H]2OC1(C)C)Cc1ccccc1. The summed E-state index contributed by atoms with van der Waals surface area (Å²) in [7, 11) is 0. The van der Waals surface area contributed by atoms with E-state index >= 15 is 0 Å². The lowest BCUT2D eigenvalue weighted by Crippen LogP contribution is -2.45. The van der Waals surface area contributed by atoms with Crippen LogP contribution in [0.4, 0.5) is 0 Å². The van der Waals surface area contributed by atoms with Crippen LogP contribution in [-0.2, 0) is 22.4 Å². The topological polar surface area (TPSA) is 29.5 Å². The highest BCUT2D eigenvalue weighted by Crippen LogP contribution is 2.48. The van der Waals surface area contributed by atoms with Crippen molar-refractivity contribution in [2.24, 2.45) is 5.92 Å². The van der Waals surface area contributed by atoms with Crippen LogP contribution in [0.5, 0.6) is 0 Å². The van der Waals surface area contributed by atoms with E-state index in [2.05, 4.69) is 55.1 Å². The van der Waals surface area contributed by atoms with Gasteiger partial charge in [-0.25, -0.2) is 0 Å². The van der Waals surface area contributed by atoms with Crippen molar-refractivity contribution >= 4 is 5.91 Å². The predicted octanol–water partition coefficient (Wildman–Crippen LogP) is 5.07. The Bertz CT molecular complexity index is 858. The molecule has 1 amide bonds. The number of nitrogens with zero attached hydrogens (tertiary/aromatic N) is 1. The molecule has 1 fully saturated rings. The number of carbonyl (C=O) groups is 1. The zero-order valence-electron chi connectivity index (χ0n) is 16.8. The largest absolute Gasteiger partial charge is 0.350 e. The number of hydrogen-bond acceptors (Lipinski definition) is 2.